The lowest BCUT2D eigenvalue weighted by Crippen LogP contribution is -2.42. The van der Waals surface area contributed by atoms with Crippen LogP contribution in [-0.2, 0) is 10.3 Å². The standard InChI is InChI=1S/C21H20N4O3/c1-3-21(2,17-11-14-6-4-5-7-15(14)23-17)25-18(26)9-8-13-10-16-19(22-12-13)24-20(27)28-16/h4-12,23H,3H2,1-2H3,(H,25,26)(H,22,24,27). The van der Waals surface area contributed by atoms with E-state index in [2.05, 4.69) is 26.3 Å². The largest absolute Gasteiger partial charge is 0.418 e. The first-order valence-corrected chi connectivity index (χ1v) is 9.04. The van der Waals surface area contributed by atoms with Crippen molar-refractivity contribution in [3.63, 3.8) is 0 Å². The van der Waals surface area contributed by atoms with Crippen LogP contribution in [0.1, 0.15) is 31.5 Å². The van der Waals surface area contributed by atoms with Gasteiger partial charge in [-0.15, -0.1) is 0 Å². The van der Waals surface area contributed by atoms with Crippen molar-refractivity contribution in [1.82, 2.24) is 20.3 Å². The van der Waals surface area contributed by atoms with Gasteiger partial charge in [0.2, 0.25) is 5.91 Å². The van der Waals surface area contributed by atoms with Gasteiger partial charge in [-0.2, -0.15) is 0 Å². The monoisotopic (exact) mass is 376 g/mol. The predicted molar refractivity (Wildman–Crippen MR) is 108 cm³/mol. The van der Waals surface area contributed by atoms with Gasteiger partial charge in [-0.25, -0.2) is 9.78 Å². The second-order valence-electron chi connectivity index (χ2n) is 6.91. The molecule has 0 aliphatic carbocycles. The van der Waals surface area contributed by atoms with Gasteiger partial charge in [0.15, 0.2) is 11.2 Å². The SMILES string of the molecule is CCC(C)(NC(=O)C=Cc1cnc2[nH]c(=O)oc2c1)c1cc2ccccc2[nH]1. The van der Waals surface area contributed by atoms with Crippen molar-refractivity contribution in [3.8, 4) is 0 Å². The van der Waals surface area contributed by atoms with E-state index in [0.717, 1.165) is 23.0 Å². The van der Waals surface area contributed by atoms with Crippen molar-refractivity contribution < 1.29 is 9.21 Å². The average molecular weight is 376 g/mol. The lowest BCUT2D eigenvalue weighted by molar-refractivity contribution is -0.118. The van der Waals surface area contributed by atoms with E-state index in [9.17, 15) is 9.59 Å². The molecule has 4 rings (SSSR count). The summed E-state index contributed by atoms with van der Waals surface area (Å²) in [6.45, 7) is 4.02. The Labute approximate surface area is 160 Å². The van der Waals surface area contributed by atoms with Gasteiger partial charge in [-0.1, -0.05) is 25.1 Å². The molecular formula is C21H20N4O3. The Hall–Kier alpha value is -3.61. The third-order valence-corrected chi connectivity index (χ3v) is 4.95. The first kappa shape index (κ1) is 17.8. The summed E-state index contributed by atoms with van der Waals surface area (Å²) in [7, 11) is 0. The summed E-state index contributed by atoms with van der Waals surface area (Å²) in [5.41, 5.74) is 2.85. The van der Waals surface area contributed by atoms with Crippen LogP contribution in [0.4, 0.5) is 0 Å². The van der Waals surface area contributed by atoms with Crippen LogP contribution in [0.15, 0.2) is 57.9 Å². The number of nitrogens with one attached hydrogen (secondary N) is 3. The van der Waals surface area contributed by atoms with Crippen molar-refractivity contribution in [3.05, 3.63) is 70.5 Å². The molecule has 0 fully saturated rings. The summed E-state index contributed by atoms with van der Waals surface area (Å²) in [6, 6.07) is 11.7. The fourth-order valence-electron chi connectivity index (χ4n) is 3.15. The molecule has 7 heteroatoms. The number of hydrogen-bond donors (Lipinski definition) is 3. The van der Waals surface area contributed by atoms with Gasteiger partial charge in [0.25, 0.3) is 0 Å². The molecule has 0 spiro atoms. The number of H-pyrrole nitrogens is 2. The molecule has 3 heterocycles. The van der Waals surface area contributed by atoms with Crippen LogP contribution in [0.25, 0.3) is 28.2 Å². The highest BCUT2D eigenvalue weighted by Gasteiger charge is 2.27. The Morgan fingerprint density at radius 3 is 2.89 bits per heavy atom. The molecule has 3 aromatic heterocycles. The molecule has 0 aliphatic heterocycles. The molecule has 0 saturated carbocycles. The van der Waals surface area contributed by atoms with E-state index >= 15 is 0 Å². The fourth-order valence-corrected chi connectivity index (χ4v) is 3.15. The summed E-state index contributed by atoms with van der Waals surface area (Å²) in [4.78, 5) is 33.7. The van der Waals surface area contributed by atoms with Gasteiger partial charge in [-0.3, -0.25) is 9.78 Å². The number of aromatic nitrogens is 3. The molecule has 1 amide bonds. The Balaban J connectivity index is 1.54. The normalized spacial score (nSPS) is 13.9. The number of carbonyl (C=O) groups is 1. The van der Waals surface area contributed by atoms with E-state index < -0.39 is 11.3 Å². The second-order valence-corrected chi connectivity index (χ2v) is 6.91. The quantitative estimate of drug-likeness (QED) is 0.464. The highest BCUT2D eigenvalue weighted by molar-refractivity contribution is 5.92. The summed E-state index contributed by atoms with van der Waals surface area (Å²) >= 11 is 0. The lowest BCUT2D eigenvalue weighted by Gasteiger charge is -2.28. The maximum atomic E-state index is 12.5. The lowest BCUT2D eigenvalue weighted by atomic mass is 9.94. The zero-order valence-corrected chi connectivity index (χ0v) is 15.6. The van der Waals surface area contributed by atoms with Crippen LogP contribution in [0.2, 0.25) is 0 Å². The molecule has 142 valence electrons. The zero-order valence-electron chi connectivity index (χ0n) is 15.6. The highest BCUT2D eigenvalue weighted by Crippen LogP contribution is 2.27. The number of oxazole rings is 1. The first-order chi connectivity index (χ1) is 13.5. The van der Waals surface area contributed by atoms with E-state index in [-0.39, 0.29) is 5.91 Å². The van der Waals surface area contributed by atoms with Crippen LogP contribution in [-0.4, -0.2) is 20.9 Å². The molecule has 0 saturated heterocycles. The zero-order chi connectivity index (χ0) is 19.7. The number of aromatic amines is 2. The molecule has 28 heavy (non-hydrogen) atoms. The van der Waals surface area contributed by atoms with Gasteiger partial charge in [-0.05, 0) is 48.6 Å². The van der Waals surface area contributed by atoms with Crippen molar-refractivity contribution in [1.29, 1.82) is 0 Å². The minimum Gasteiger partial charge on any atom is -0.406 e. The molecule has 1 atom stereocenters. The minimum absolute atomic E-state index is 0.223. The van der Waals surface area contributed by atoms with Crippen molar-refractivity contribution in [2.75, 3.05) is 0 Å². The number of pyridine rings is 1. The first-order valence-electron chi connectivity index (χ1n) is 9.04. The number of nitrogens with zero attached hydrogens (tertiary/aromatic N) is 1. The molecule has 1 unspecified atom stereocenters. The van der Waals surface area contributed by atoms with Crippen LogP contribution >= 0.6 is 0 Å². The summed E-state index contributed by atoms with van der Waals surface area (Å²) in [6.07, 6.45) is 5.37. The predicted octanol–water partition coefficient (Wildman–Crippen LogP) is 3.45. The number of benzene rings is 1. The summed E-state index contributed by atoms with van der Waals surface area (Å²) in [5.74, 6) is -0.781. The van der Waals surface area contributed by atoms with E-state index in [0.29, 0.717) is 16.8 Å². The Morgan fingerprint density at radius 2 is 2.11 bits per heavy atom. The second kappa shape index (κ2) is 6.84. The number of fused-ring (bicyclic) bond motifs is 2. The average Bonchev–Trinajstić information content (AvgIpc) is 3.28. The molecule has 1 aromatic carbocycles. The smallest absolute Gasteiger partial charge is 0.406 e. The highest BCUT2D eigenvalue weighted by atomic mass is 16.4. The Kier molecular flexibility index (Phi) is 4.35. The van der Waals surface area contributed by atoms with Crippen LogP contribution < -0.4 is 11.1 Å². The number of hydrogen-bond acceptors (Lipinski definition) is 4. The van der Waals surface area contributed by atoms with Gasteiger partial charge in [0, 0.05) is 23.5 Å². The Morgan fingerprint density at radius 1 is 1.29 bits per heavy atom. The van der Waals surface area contributed by atoms with Crippen LogP contribution in [0, 0.1) is 0 Å². The maximum Gasteiger partial charge on any atom is 0.418 e. The Bertz CT molecular complexity index is 1210. The van der Waals surface area contributed by atoms with Crippen molar-refractivity contribution in [2.45, 2.75) is 25.8 Å². The minimum atomic E-state index is -0.557. The molecule has 0 bridgehead atoms. The van der Waals surface area contributed by atoms with Crippen LogP contribution in [0.3, 0.4) is 0 Å². The van der Waals surface area contributed by atoms with Gasteiger partial charge in [0.1, 0.15) is 0 Å². The van der Waals surface area contributed by atoms with Gasteiger partial charge in [0.05, 0.1) is 5.54 Å². The molecule has 7 nitrogen and oxygen atoms in total. The van der Waals surface area contributed by atoms with E-state index in [1.165, 1.54) is 6.08 Å². The van der Waals surface area contributed by atoms with Gasteiger partial charge < -0.3 is 14.7 Å². The van der Waals surface area contributed by atoms with Crippen molar-refractivity contribution >= 4 is 34.1 Å². The van der Waals surface area contributed by atoms with Crippen molar-refractivity contribution in [2.24, 2.45) is 0 Å². The van der Waals surface area contributed by atoms with Gasteiger partial charge >= 0.3 is 5.76 Å². The summed E-state index contributed by atoms with van der Waals surface area (Å²) < 4.78 is 4.99. The third kappa shape index (κ3) is 3.34. The maximum absolute atomic E-state index is 12.5. The summed E-state index contributed by atoms with van der Waals surface area (Å²) in [5, 5.41) is 4.18. The molecular weight excluding hydrogens is 356 g/mol. The molecule has 0 aliphatic rings. The molecule has 4 aromatic rings. The number of para-hydroxylation sites is 1. The number of amides is 1. The van der Waals surface area contributed by atoms with E-state index in [4.69, 9.17) is 4.42 Å². The van der Waals surface area contributed by atoms with E-state index in [1.54, 1.807) is 18.3 Å². The third-order valence-electron chi connectivity index (χ3n) is 4.95. The number of carbonyl (C=O) groups excluding carboxylic acids is 1. The van der Waals surface area contributed by atoms with E-state index in [1.807, 2.05) is 38.1 Å². The molecule has 3 N–H and O–H groups in total. The number of rotatable bonds is 5. The molecule has 0 radical (unpaired) electrons. The fraction of sp³-hybridized carbons (Fsp3) is 0.190. The van der Waals surface area contributed by atoms with Crippen LogP contribution in [0.5, 0.6) is 0 Å². The topological polar surface area (TPSA) is 104 Å².